The first-order valence-corrected chi connectivity index (χ1v) is 4.90. The van der Waals surface area contributed by atoms with E-state index in [2.05, 4.69) is 10.1 Å². The Morgan fingerprint density at radius 2 is 2.27 bits per heavy atom. The summed E-state index contributed by atoms with van der Waals surface area (Å²) in [7, 11) is 1.58. The topological polar surface area (TPSA) is 94.4 Å². The van der Waals surface area contributed by atoms with Gasteiger partial charge >= 0.3 is 0 Å². The fraction of sp³-hybridized carbons (Fsp3) is 0.778. The third-order valence-corrected chi connectivity index (χ3v) is 2.21. The van der Waals surface area contributed by atoms with Crippen LogP contribution in [0, 0.1) is 0 Å². The lowest BCUT2D eigenvalue weighted by atomic mass is 10.2. The largest absolute Gasteiger partial charge is 0.391 e. The number of rotatable bonds is 5. The normalized spacial score (nSPS) is 17.4. The molecule has 0 aliphatic carbocycles. The maximum Gasteiger partial charge on any atom is 0.246 e. The summed E-state index contributed by atoms with van der Waals surface area (Å²) in [5.41, 5.74) is 5.65. The van der Waals surface area contributed by atoms with Crippen LogP contribution < -0.4 is 5.73 Å². The predicted octanol–water partition coefficient (Wildman–Crippen LogP) is 0.548. The van der Waals surface area contributed by atoms with Crippen LogP contribution in [0.1, 0.15) is 44.1 Å². The maximum atomic E-state index is 9.25. The average molecular weight is 215 g/mol. The molecule has 0 amide bonds. The van der Waals surface area contributed by atoms with E-state index in [1.165, 1.54) is 0 Å². The second-order valence-electron chi connectivity index (χ2n) is 3.39. The number of aliphatic hydroxyl groups is 1. The van der Waals surface area contributed by atoms with Crippen LogP contribution in [0.4, 0.5) is 0 Å². The van der Waals surface area contributed by atoms with E-state index in [1.54, 1.807) is 14.0 Å². The molecule has 1 aromatic heterocycles. The van der Waals surface area contributed by atoms with Crippen molar-refractivity contribution in [3.63, 3.8) is 0 Å². The minimum atomic E-state index is -0.721. The SMILES string of the molecule is CCC(OC)c1noc(C(N)C(C)O)n1. The van der Waals surface area contributed by atoms with Crippen molar-refractivity contribution in [2.24, 2.45) is 5.73 Å². The molecular formula is C9H17N3O3. The molecule has 0 saturated heterocycles. The number of aliphatic hydroxyl groups excluding tert-OH is 1. The summed E-state index contributed by atoms with van der Waals surface area (Å²) < 4.78 is 10.1. The number of hydrogen-bond acceptors (Lipinski definition) is 6. The van der Waals surface area contributed by atoms with Crippen molar-refractivity contribution in [1.82, 2.24) is 10.1 Å². The summed E-state index contributed by atoms with van der Waals surface area (Å²) in [6.45, 7) is 3.53. The van der Waals surface area contributed by atoms with Gasteiger partial charge in [0.25, 0.3) is 0 Å². The van der Waals surface area contributed by atoms with Crippen LogP contribution in [0.25, 0.3) is 0 Å². The van der Waals surface area contributed by atoms with E-state index in [1.807, 2.05) is 6.92 Å². The summed E-state index contributed by atoms with van der Waals surface area (Å²) in [5.74, 6) is 0.696. The van der Waals surface area contributed by atoms with Crippen molar-refractivity contribution < 1.29 is 14.4 Å². The number of methoxy groups -OCH3 is 1. The van der Waals surface area contributed by atoms with Crippen molar-refractivity contribution in [1.29, 1.82) is 0 Å². The van der Waals surface area contributed by atoms with Crippen LogP contribution in [0.15, 0.2) is 4.52 Å². The highest BCUT2D eigenvalue weighted by Gasteiger charge is 2.22. The molecule has 0 bridgehead atoms. The Bertz CT molecular complexity index is 280. The molecule has 0 radical (unpaired) electrons. The van der Waals surface area contributed by atoms with Crippen LogP contribution >= 0.6 is 0 Å². The van der Waals surface area contributed by atoms with Crippen molar-refractivity contribution in [2.75, 3.05) is 7.11 Å². The first-order chi connectivity index (χ1) is 7.10. The van der Waals surface area contributed by atoms with Crippen molar-refractivity contribution >= 4 is 0 Å². The number of ether oxygens (including phenoxy) is 1. The van der Waals surface area contributed by atoms with Gasteiger partial charge in [0.1, 0.15) is 12.1 Å². The zero-order valence-electron chi connectivity index (χ0n) is 9.17. The van der Waals surface area contributed by atoms with Crippen LogP contribution in [-0.4, -0.2) is 28.5 Å². The minimum absolute atomic E-state index is 0.191. The molecule has 0 aliphatic heterocycles. The lowest BCUT2D eigenvalue weighted by Crippen LogP contribution is -2.23. The lowest BCUT2D eigenvalue weighted by molar-refractivity contribution is 0.0903. The Morgan fingerprint density at radius 1 is 1.60 bits per heavy atom. The van der Waals surface area contributed by atoms with Gasteiger partial charge < -0.3 is 20.1 Å². The van der Waals surface area contributed by atoms with Crippen molar-refractivity contribution in [3.8, 4) is 0 Å². The Kier molecular flexibility index (Phi) is 4.19. The van der Waals surface area contributed by atoms with Gasteiger partial charge in [-0.05, 0) is 13.3 Å². The van der Waals surface area contributed by atoms with Gasteiger partial charge in [-0.25, -0.2) is 0 Å². The summed E-state index contributed by atoms with van der Waals surface area (Å²) in [6, 6.07) is -0.652. The van der Waals surface area contributed by atoms with Crippen molar-refractivity contribution in [2.45, 2.75) is 38.5 Å². The second-order valence-corrected chi connectivity index (χ2v) is 3.39. The quantitative estimate of drug-likeness (QED) is 0.744. The first kappa shape index (κ1) is 12.1. The monoisotopic (exact) mass is 215 g/mol. The van der Waals surface area contributed by atoms with Crippen LogP contribution in [0.3, 0.4) is 0 Å². The highest BCUT2D eigenvalue weighted by atomic mass is 16.5. The van der Waals surface area contributed by atoms with Gasteiger partial charge in [0.15, 0.2) is 0 Å². The zero-order chi connectivity index (χ0) is 11.4. The first-order valence-electron chi connectivity index (χ1n) is 4.90. The molecule has 15 heavy (non-hydrogen) atoms. The van der Waals surface area contributed by atoms with Crippen molar-refractivity contribution in [3.05, 3.63) is 11.7 Å². The summed E-state index contributed by atoms with van der Waals surface area (Å²) in [5, 5.41) is 13.0. The van der Waals surface area contributed by atoms with E-state index in [0.29, 0.717) is 5.82 Å². The Balaban J connectivity index is 2.79. The zero-order valence-corrected chi connectivity index (χ0v) is 9.17. The molecule has 3 atom stereocenters. The van der Waals surface area contributed by atoms with Gasteiger partial charge in [0.2, 0.25) is 11.7 Å². The van der Waals surface area contributed by atoms with Gasteiger partial charge in [-0.15, -0.1) is 0 Å². The summed E-state index contributed by atoms with van der Waals surface area (Å²) >= 11 is 0. The van der Waals surface area contributed by atoms with E-state index >= 15 is 0 Å². The van der Waals surface area contributed by atoms with E-state index in [0.717, 1.165) is 6.42 Å². The van der Waals surface area contributed by atoms with Gasteiger partial charge in [-0.2, -0.15) is 4.98 Å². The van der Waals surface area contributed by atoms with E-state index in [9.17, 15) is 5.11 Å². The third-order valence-electron chi connectivity index (χ3n) is 2.21. The number of aromatic nitrogens is 2. The van der Waals surface area contributed by atoms with E-state index in [-0.39, 0.29) is 12.0 Å². The molecule has 6 heteroatoms. The van der Waals surface area contributed by atoms with Crippen LogP contribution in [0.2, 0.25) is 0 Å². The predicted molar refractivity (Wildman–Crippen MR) is 52.9 cm³/mol. The highest BCUT2D eigenvalue weighted by Crippen LogP contribution is 2.19. The standard InChI is InChI=1S/C9H17N3O3/c1-4-6(14-3)8-11-9(15-12-8)7(10)5(2)13/h5-7,13H,4,10H2,1-3H3. The molecule has 86 valence electrons. The number of hydrogen-bond donors (Lipinski definition) is 2. The molecule has 1 rings (SSSR count). The Morgan fingerprint density at radius 3 is 2.73 bits per heavy atom. The van der Waals surface area contributed by atoms with Gasteiger partial charge in [-0.3, -0.25) is 0 Å². The molecule has 0 saturated carbocycles. The molecular weight excluding hydrogens is 198 g/mol. The van der Waals surface area contributed by atoms with Crippen LogP contribution in [-0.2, 0) is 4.74 Å². The smallest absolute Gasteiger partial charge is 0.246 e. The third kappa shape index (κ3) is 2.74. The van der Waals surface area contributed by atoms with E-state index < -0.39 is 12.1 Å². The molecule has 0 aromatic carbocycles. The molecule has 0 fully saturated rings. The number of nitrogens with zero attached hydrogens (tertiary/aromatic N) is 2. The fourth-order valence-corrected chi connectivity index (χ4v) is 1.17. The van der Waals surface area contributed by atoms with Crippen LogP contribution in [0.5, 0.6) is 0 Å². The molecule has 1 heterocycles. The average Bonchev–Trinajstić information content (AvgIpc) is 2.67. The Hall–Kier alpha value is -0.980. The minimum Gasteiger partial charge on any atom is -0.391 e. The molecule has 3 N–H and O–H groups in total. The maximum absolute atomic E-state index is 9.25. The summed E-state index contributed by atoms with van der Waals surface area (Å²) in [4.78, 5) is 4.09. The molecule has 1 aromatic rings. The Labute approximate surface area is 88.4 Å². The second kappa shape index (κ2) is 5.20. The fourth-order valence-electron chi connectivity index (χ4n) is 1.17. The summed E-state index contributed by atoms with van der Waals surface area (Å²) in [6.07, 6.45) is -0.163. The molecule has 3 unspecified atom stereocenters. The highest BCUT2D eigenvalue weighted by molar-refractivity contribution is 4.96. The number of nitrogens with two attached hydrogens (primary N) is 1. The molecule has 0 spiro atoms. The van der Waals surface area contributed by atoms with Gasteiger partial charge in [0.05, 0.1) is 6.10 Å². The molecule has 0 aliphatic rings. The van der Waals surface area contributed by atoms with E-state index in [4.69, 9.17) is 15.0 Å². The molecule has 6 nitrogen and oxygen atoms in total. The van der Waals surface area contributed by atoms with Gasteiger partial charge in [-0.1, -0.05) is 12.1 Å². The lowest BCUT2D eigenvalue weighted by Gasteiger charge is -2.09. The van der Waals surface area contributed by atoms with Gasteiger partial charge in [0, 0.05) is 7.11 Å².